The number of ether oxygens (including phenoxy) is 1. The molecule has 0 atom stereocenters. The number of hydrogen-bond donors (Lipinski definition) is 1. The van der Waals surface area contributed by atoms with E-state index in [1.54, 1.807) is 35.2 Å². The third-order valence-corrected chi connectivity index (χ3v) is 8.15. The maximum Gasteiger partial charge on any atom is 0.263 e. The quantitative estimate of drug-likeness (QED) is 0.502. The summed E-state index contributed by atoms with van der Waals surface area (Å²) < 4.78 is 33.8. The summed E-state index contributed by atoms with van der Waals surface area (Å²) in [5.41, 5.74) is 1.13. The first kappa shape index (κ1) is 23.0. The molecule has 4 rings (SSSR count). The molecule has 12 heteroatoms. The molecule has 1 aliphatic heterocycles. The van der Waals surface area contributed by atoms with Crippen molar-refractivity contribution in [3.8, 4) is 10.6 Å². The van der Waals surface area contributed by atoms with Gasteiger partial charge >= 0.3 is 0 Å². The molecule has 1 aromatic heterocycles. The van der Waals surface area contributed by atoms with Crippen molar-refractivity contribution >= 4 is 55.8 Å². The van der Waals surface area contributed by atoms with Crippen LogP contribution < -0.4 is 4.72 Å². The van der Waals surface area contributed by atoms with Gasteiger partial charge in [0.1, 0.15) is 5.01 Å². The van der Waals surface area contributed by atoms with Crippen LogP contribution in [0.1, 0.15) is 10.4 Å². The molecule has 1 aliphatic rings. The van der Waals surface area contributed by atoms with Crippen molar-refractivity contribution in [1.82, 2.24) is 15.1 Å². The molecule has 2 aromatic carbocycles. The standard InChI is InChI=1S/C20H19ClN4O4S3/c1-30-17-7-6-15(12-16(17)19(26)25-8-10-29-11-9-25)32(27,28)24-20-23-22-18(31-20)13-2-4-14(21)5-3-13/h2-7,12H,8-11H2,1H3,(H,23,24). The fourth-order valence-electron chi connectivity index (χ4n) is 3.11. The number of sulfonamides is 1. The van der Waals surface area contributed by atoms with Gasteiger partial charge in [-0.15, -0.1) is 22.0 Å². The average molecular weight is 511 g/mol. The molecule has 1 fully saturated rings. The number of amides is 1. The highest BCUT2D eigenvalue weighted by Crippen LogP contribution is 2.30. The molecule has 32 heavy (non-hydrogen) atoms. The number of hydrogen-bond acceptors (Lipinski definition) is 8. The summed E-state index contributed by atoms with van der Waals surface area (Å²) in [5, 5.41) is 9.27. The lowest BCUT2D eigenvalue weighted by Crippen LogP contribution is -2.40. The second-order valence-corrected chi connectivity index (χ2v) is 10.7. The second kappa shape index (κ2) is 9.75. The molecule has 3 aromatic rings. The SMILES string of the molecule is CSc1ccc(S(=O)(=O)Nc2nnc(-c3ccc(Cl)cc3)s2)cc1C(=O)N1CCOCC1. The first-order valence-corrected chi connectivity index (χ1v) is 13.4. The summed E-state index contributed by atoms with van der Waals surface area (Å²) in [6, 6.07) is 11.5. The van der Waals surface area contributed by atoms with Crippen LogP contribution in [0.2, 0.25) is 5.02 Å². The molecule has 0 bridgehead atoms. The molecule has 2 heterocycles. The largest absolute Gasteiger partial charge is 0.378 e. The van der Waals surface area contributed by atoms with Crippen LogP contribution in [-0.4, -0.2) is 62.0 Å². The Hall–Kier alpha value is -2.18. The van der Waals surface area contributed by atoms with Gasteiger partial charge in [0, 0.05) is 28.6 Å². The minimum absolute atomic E-state index is 0.0184. The molecule has 0 aliphatic carbocycles. The van der Waals surface area contributed by atoms with E-state index in [0.717, 1.165) is 16.9 Å². The number of benzene rings is 2. The van der Waals surface area contributed by atoms with Crippen molar-refractivity contribution in [2.24, 2.45) is 0 Å². The maximum atomic E-state index is 13.0. The zero-order valence-corrected chi connectivity index (χ0v) is 20.2. The van der Waals surface area contributed by atoms with Crippen LogP contribution in [0.25, 0.3) is 10.6 Å². The smallest absolute Gasteiger partial charge is 0.263 e. The molecule has 0 spiro atoms. The molecule has 8 nitrogen and oxygen atoms in total. The Balaban J connectivity index is 1.58. The Bertz CT molecular complexity index is 1230. The average Bonchev–Trinajstić information content (AvgIpc) is 3.27. The lowest BCUT2D eigenvalue weighted by atomic mass is 10.2. The van der Waals surface area contributed by atoms with E-state index in [-0.39, 0.29) is 15.9 Å². The van der Waals surface area contributed by atoms with Crippen molar-refractivity contribution in [2.75, 3.05) is 37.3 Å². The Morgan fingerprint density at radius 1 is 1.16 bits per heavy atom. The number of halogens is 1. The fourth-order valence-corrected chi connectivity index (χ4v) is 5.81. The monoisotopic (exact) mass is 510 g/mol. The molecule has 1 N–H and O–H groups in total. The third kappa shape index (κ3) is 5.07. The molecular formula is C20H19ClN4O4S3. The van der Waals surface area contributed by atoms with Gasteiger partial charge in [0.05, 0.1) is 23.7 Å². The second-order valence-electron chi connectivity index (χ2n) is 6.79. The number of aromatic nitrogens is 2. The Labute approximate surface area is 199 Å². The Morgan fingerprint density at radius 2 is 1.88 bits per heavy atom. The summed E-state index contributed by atoms with van der Waals surface area (Å²) in [6.45, 7) is 1.88. The van der Waals surface area contributed by atoms with Crippen LogP contribution in [-0.2, 0) is 14.8 Å². The van der Waals surface area contributed by atoms with E-state index in [0.29, 0.717) is 46.8 Å². The van der Waals surface area contributed by atoms with E-state index in [4.69, 9.17) is 16.3 Å². The summed E-state index contributed by atoms with van der Waals surface area (Å²) in [4.78, 5) is 15.4. The summed E-state index contributed by atoms with van der Waals surface area (Å²) in [7, 11) is -3.97. The van der Waals surface area contributed by atoms with E-state index >= 15 is 0 Å². The number of morpholine rings is 1. The maximum absolute atomic E-state index is 13.0. The third-order valence-electron chi connectivity index (χ3n) is 4.75. The van der Waals surface area contributed by atoms with E-state index in [1.807, 2.05) is 6.26 Å². The number of nitrogens with one attached hydrogen (secondary N) is 1. The highest BCUT2D eigenvalue weighted by atomic mass is 35.5. The molecule has 0 radical (unpaired) electrons. The molecule has 0 saturated carbocycles. The van der Waals surface area contributed by atoms with Gasteiger partial charge in [-0.25, -0.2) is 8.42 Å². The van der Waals surface area contributed by atoms with Gasteiger partial charge in [-0.3, -0.25) is 9.52 Å². The minimum atomic E-state index is -3.97. The van der Waals surface area contributed by atoms with Gasteiger partial charge in [-0.2, -0.15) is 0 Å². The van der Waals surface area contributed by atoms with Crippen molar-refractivity contribution in [3.63, 3.8) is 0 Å². The number of anilines is 1. The molecule has 1 saturated heterocycles. The van der Waals surface area contributed by atoms with E-state index in [9.17, 15) is 13.2 Å². The molecule has 1 amide bonds. The fraction of sp³-hybridized carbons (Fsp3) is 0.250. The highest BCUT2D eigenvalue weighted by Gasteiger charge is 2.25. The lowest BCUT2D eigenvalue weighted by molar-refractivity contribution is 0.0300. The van der Waals surface area contributed by atoms with Gasteiger partial charge in [0.15, 0.2) is 0 Å². The van der Waals surface area contributed by atoms with Crippen molar-refractivity contribution < 1.29 is 17.9 Å². The highest BCUT2D eigenvalue weighted by molar-refractivity contribution is 7.98. The number of carbonyl (C=O) groups excluding carboxylic acids is 1. The van der Waals surface area contributed by atoms with E-state index < -0.39 is 10.0 Å². The minimum Gasteiger partial charge on any atom is -0.378 e. The van der Waals surface area contributed by atoms with E-state index in [2.05, 4.69) is 14.9 Å². The predicted octanol–water partition coefficient (Wildman–Crippen LogP) is 3.85. The normalized spacial score (nSPS) is 14.4. The van der Waals surface area contributed by atoms with Gasteiger partial charge in [0.2, 0.25) is 5.13 Å². The van der Waals surface area contributed by atoms with Crippen LogP contribution in [0.15, 0.2) is 52.3 Å². The number of rotatable bonds is 6. The Kier molecular flexibility index (Phi) is 7.01. The molecule has 168 valence electrons. The van der Waals surface area contributed by atoms with Gasteiger partial charge in [-0.1, -0.05) is 35.1 Å². The van der Waals surface area contributed by atoms with Gasteiger partial charge in [0.25, 0.3) is 15.9 Å². The number of nitrogens with zero attached hydrogens (tertiary/aromatic N) is 3. The number of thioether (sulfide) groups is 1. The summed E-state index contributed by atoms with van der Waals surface area (Å²) in [5.74, 6) is -0.212. The first-order valence-electron chi connectivity index (χ1n) is 9.55. The topological polar surface area (TPSA) is 101 Å². The zero-order chi connectivity index (χ0) is 22.7. The van der Waals surface area contributed by atoms with E-state index in [1.165, 1.54) is 23.9 Å². The van der Waals surface area contributed by atoms with Gasteiger partial charge < -0.3 is 9.64 Å². The van der Waals surface area contributed by atoms with Crippen LogP contribution >= 0.6 is 34.7 Å². The zero-order valence-electron chi connectivity index (χ0n) is 16.9. The summed E-state index contributed by atoms with van der Waals surface area (Å²) >= 11 is 8.40. The van der Waals surface area contributed by atoms with Gasteiger partial charge in [-0.05, 0) is 36.6 Å². The Morgan fingerprint density at radius 3 is 2.56 bits per heavy atom. The van der Waals surface area contributed by atoms with Crippen molar-refractivity contribution in [3.05, 3.63) is 53.1 Å². The van der Waals surface area contributed by atoms with Crippen molar-refractivity contribution in [2.45, 2.75) is 9.79 Å². The first-order chi connectivity index (χ1) is 15.4. The van der Waals surface area contributed by atoms with Crippen LogP contribution in [0.3, 0.4) is 0 Å². The van der Waals surface area contributed by atoms with Crippen LogP contribution in [0, 0.1) is 0 Å². The van der Waals surface area contributed by atoms with Crippen LogP contribution in [0.4, 0.5) is 5.13 Å². The molecular weight excluding hydrogens is 492 g/mol. The predicted molar refractivity (Wildman–Crippen MR) is 126 cm³/mol. The van der Waals surface area contributed by atoms with Crippen LogP contribution in [0.5, 0.6) is 0 Å². The summed E-state index contributed by atoms with van der Waals surface area (Å²) in [6.07, 6.45) is 1.84. The molecule has 0 unspecified atom stereocenters. The lowest BCUT2D eigenvalue weighted by Gasteiger charge is -2.27. The van der Waals surface area contributed by atoms with Crippen molar-refractivity contribution in [1.29, 1.82) is 0 Å². The number of carbonyl (C=O) groups is 1.